The molecule has 17 heavy (non-hydrogen) atoms. The number of carbonyl (C=O) groups is 1. The van der Waals surface area contributed by atoms with E-state index < -0.39 is 0 Å². The van der Waals surface area contributed by atoms with Crippen LogP contribution in [-0.4, -0.2) is 17.3 Å². The van der Waals surface area contributed by atoms with Crippen LogP contribution in [0, 0.1) is 11.3 Å². The van der Waals surface area contributed by atoms with E-state index in [9.17, 15) is 4.79 Å². The highest BCUT2D eigenvalue weighted by molar-refractivity contribution is 6.20. The lowest BCUT2D eigenvalue weighted by Crippen LogP contribution is -2.43. The smallest absolute Gasteiger partial charge is 0.223 e. The van der Waals surface area contributed by atoms with Gasteiger partial charge in [0.15, 0.2) is 0 Å². The highest BCUT2D eigenvalue weighted by Crippen LogP contribution is 2.42. The maximum atomic E-state index is 12.3. The van der Waals surface area contributed by atoms with Crippen LogP contribution in [0.1, 0.15) is 58.8 Å². The van der Waals surface area contributed by atoms with Crippen LogP contribution in [0.3, 0.4) is 0 Å². The van der Waals surface area contributed by atoms with Crippen molar-refractivity contribution in [3.63, 3.8) is 0 Å². The van der Waals surface area contributed by atoms with E-state index in [0.29, 0.717) is 11.4 Å². The highest BCUT2D eigenvalue weighted by atomic mass is 35.5. The zero-order valence-corrected chi connectivity index (χ0v) is 11.7. The summed E-state index contributed by atoms with van der Waals surface area (Å²) in [5, 5.41) is 3.56. The molecule has 0 heterocycles. The summed E-state index contributed by atoms with van der Waals surface area (Å²) >= 11 is 6.08. The van der Waals surface area contributed by atoms with Crippen LogP contribution in [0.2, 0.25) is 0 Å². The third-order valence-electron chi connectivity index (χ3n) is 4.58. The van der Waals surface area contributed by atoms with Crippen LogP contribution in [0.4, 0.5) is 0 Å². The maximum absolute atomic E-state index is 12.3. The largest absolute Gasteiger partial charge is 0.353 e. The molecule has 0 saturated heterocycles. The summed E-state index contributed by atoms with van der Waals surface area (Å²) in [6.45, 7) is 4.44. The number of hydrogen-bond donors (Lipinski definition) is 1. The van der Waals surface area contributed by atoms with Gasteiger partial charge < -0.3 is 5.32 Å². The fraction of sp³-hybridized carbons (Fsp3) is 0.929. The van der Waals surface area contributed by atoms with Crippen molar-refractivity contribution >= 4 is 17.5 Å². The second-order valence-electron chi connectivity index (χ2n) is 6.39. The van der Waals surface area contributed by atoms with Crippen LogP contribution >= 0.6 is 11.6 Å². The van der Waals surface area contributed by atoms with E-state index >= 15 is 0 Å². The number of nitrogens with one attached hydrogen (secondary N) is 1. The minimum absolute atomic E-state index is 0.188. The molecule has 2 aliphatic carbocycles. The highest BCUT2D eigenvalue weighted by Gasteiger charge is 2.39. The predicted molar refractivity (Wildman–Crippen MR) is 71.2 cm³/mol. The summed E-state index contributed by atoms with van der Waals surface area (Å²) in [6.07, 6.45) is 7.62. The number of amides is 1. The van der Waals surface area contributed by atoms with Crippen molar-refractivity contribution in [1.29, 1.82) is 0 Å². The molecule has 2 rings (SSSR count). The third kappa shape index (κ3) is 3.15. The van der Waals surface area contributed by atoms with Gasteiger partial charge in [0.05, 0.1) is 0 Å². The summed E-state index contributed by atoms with van der Waals surface area (Å²) in [5.41, 5.74) is 0.188. The van der Waals surface area contributed by atoms with Crippen molar-refractivity contribution < 1.29 is 4.79 Å². The van der Waals surface area contributed by atoms with Gasteiger partial charge >= 0.3 is 0 Å². The Kier molecular flexibility index (Phi) is 4.02. The molecule has 2 aliphatic rings. The average Bonchev–Trinajstić information content (AvgIpc) is 2.61. The molecular weight excluding hydrogens is 234 g/mol. The lowest BCUT2D eigenvalue weighted by atomic mass is 9.81. The Hall–Kier alpha value is -0.240. The van der Waals surface area contributed by atoms with Gasteiger partial charge in [0.2, 0.25) is 5.91 Å². The van der Waals surface area contributed by atoms with E-state index in [1.54, 1.807) is 0 Å². The number of halogens is 1. The second-order valence-corrected chi connectivity index (χ2v) is 7.01. The van der Waals surface area contributed by atoms with Crippen molar-refractivity contribution in [1.82, 2.24) is 5.32 Å². The molecule has 0 aromatic rings. The molecule has 0 aliphatic heterocycles. The van der Waals surface area contributed by atoms with Gasteiger partial charge in [-0.1, -0.05) is 20.3 Å². The van der Waals surface area contributed by atoms with Gasteiger partial charge in [0, 0.05) is 17.3 Å². The molecule has 2 nitrogen and oxygen atoms in total. The van der Waals surface area contributed by atoms with Crippen LogP contribution in [0.15, 0.2) is 0 Å². The standard InChI is InChI=1S/C14H24ClNO/c1-14(2)9-3-4-12(14)13(17)16-11-7-5-10(15)6-8-11/h10-12H,3-9H2,1-2H3,(H,16,17). The summed E-state index contributed by atoms with van der Waals surface area (Å²) in [7, 11) is 0. The molecule has 2 saturated carbocycles. The van der Waals surface area contributed by atoms with Crippen molar-refractivity contribution in [3.05, 3.63) is 0 Å². The van der Waals surface area contributed by atoms with Gasteiger partial charge in [-0.2, -0.15) is 0 Å². The van der Waals surface area contributed by atoms with Gasteiger partial charge in [-0.15, -0.1) is 11.6 Å². The lowest BCUT2D eigenvalue weighted by Gasteiger charge is -2.30. The molecular formula is C14H24ClNO. The van der Waals surface area contributed by atoms with E-state index in [-0.39, 0.29) is 17.2 Å². The molecule has 3 heteroatoms. The van der Waals surface area contributed by atoms with Gasteiger partial charge in [-0.3, -0.25) is 4.79 Å². The second kappa shape index (κ2) is 5.17. The molecule has 1 atom stereocenters. The maximum Gasteiger partial charge on any atom is 0.223 e. The fourth-order valence-corrected chi connectivity index (χ4v) is 3.56. The molecule has 0 radical (unpaired) electrons. The van der Waals surface area contributed by atoms with Crippen molar-refractivity contribution in [2.24, 2.45) is 11.3 Å². The topological polar surface area (TPSA) is 29.1 Å². The number of rotatable bonds is 2. The fourth-order valence-electron chi connectivity index (χ4n) is 3.31. The predicted octanol–water partition coefficient (Wildman–Crippen LogP) is 3.48. The van der Waals surface area contributed by atoms with Crippen molar-refractivity contribution in [2.45, 2.75) is 70.2 Å². The first-order valence-electron chi connectivity index (χ1n) is 6.93. The Labute approximate surface area is 109 Å². The van der Waals surface area contributed by atoms with Crippen molar-refractivity contribution in [2.75, 3.05) is 0 Å². The molecule has 2 fully saturated rings. The Morgan fingerprint density at radius 1 is 1.18 bits per heavy atom. The summed E-state index contributed by atoms with van der Waals surface area (Å²) in [4.78, 5) is 12.3. The summed E-state index contributed by atoms with van der Waals surface area (Å²) in [6, 6.07) is 0.369. The van der Waals surface area contributed by atoms with Gasteiger partial charge in [0.1, 0.15) is 0 Å². The van der Waals surface area contributed by atoms with E-state index in [4.69, 9.17) is 11.6 Å². The van der Waals surface area contributed by atoms with Crippen LogP contribution in [-0.2, 0) is 4.79 Å². The van der Waals surface area contributed by atoms with Crippen molar-refractivity contribution in [3.8, 4) is 0 Å². The first-order valence-corrected chi connectivity index (χ1v) is 7.37. The minimum atomic E-state index is 0.188. The summed E-state index contributed by atoms with van der Waals surface area (Å²) in [5.74, 6) is 0.502. The lowest BCUT2D eigenvalue weighted by molar-refractivity contribution is -0.128. The van der Waals surface area contributed by atoms with Gasteiger partial charge in [-0.05, 0) is 43.9 Å². The average molecular weight is 258 g/mol. The van der Waals surface area contributed by atoms with E-state index in [1.165, 1.54) is 12.8 Å². The third-order valence-corrected chi connectivity index (χ3v) is 5.01. The van der Waals surface area contributed by atoms with E-state index in [2.05, 4.69) is 19.2 Å². The molecule has 98 valence electrons. The molecule has 0 aromatic heterocycles. The molecule has 1 amide bonds. The summed E-state index contributed by atoms with van der Waals surface area (Å²) < 4.78 is 0. The zero-order chi connectivity index (χ0) is 12.5. The first kappa shape index (κ1) is 13.2. The molecule has 0 spiro atoms. The minimum Gasteiger partial charge on any atom is -0.353 e. The molecule has 1 unspecified atom stereocenters. The van der Waals surface area contributed by atoms with Crippen LogP contribution in [0.5, 0.6) is 0 Å². The number of carbonyl (C=O) groups excluding carboxylic acids is 1. The van der Waals surface area contributed by atoms with Crippen LogP contribution < -0.4 is 5.32 Å². The monoisotopic (exact) mass is 257 g/mol. The first-order chi connectivity index (χ1) is 7.99. The normalized spacial score (nSPS) is 36.8. The SMILES string of the molecule is CC1(C)CCCC1C(=O)NC1CCC(Cl)CC1. The number of hydrogen-bond acceptors (Lipinski definition) is 1. The Morgan fingerprint density at radius 2 is 1.82 bits per heavy atom. The Bertz CT molecular complexity index is 282. The molecule has 0 aromatic carbocycles. The van der Waals surface area contributed by atoms with Crippen LogP contribution in [0.25, 0.3) is 0 Å². The Morgan fingerprint density at radius 3 is 2.35 bits per heavy atom. The number of alkyl halides is 1. The van der Waals surface area contributed by atoms with Gasteiger partial charge in [-0.25, -0.2) is 0 Å². The quantitative estimate of drug-likeness (QED) is 0.754. The van der Waals surface area contributed by atoms with Gasteiger partial charge in [0.25, 0.3) is 0 Å². The molecule has 1 N–H and O–H groups in total. The zero-order valence-electron chi connectivity index (χ0n) is 11.0. The van der Waals surface area contributed by atoms with E-state index in [1.807, 2.05) is 0 Å². The van der Waals surface area contributed by atoms with E-state index in [0.717, 1.165) is 32.1 Å². The Balaban J connectivity index is 1.85. The molecule has 0 bridgehead atoms.